The molecule has 0 aliphatic carbocycles. The van der Waals surface area contributed by atoms with E-state index in [9.17, 15) is 8.42 Å². The van der Waals surface area contributed by atoms with Crippen LogP contribution in [0, 0.1) is 0 Å². The topological polar surface area (TPSA) is 67.8 Å². The zero-order valence-electron chi connectivity index (χ0n) is 20.0. The number of sulfonamides is 1. The minimum absolute atomic E-state index is 0.229. The molecule has 0 fully saturated rings. The van der Waals surface area contributed by atoms with Crippen molar-refractivity contribution in [3.8, 4) is 11.5 Å². The number of benzene rings is 5. The maximum Gasteiger partial charge on any atom is 0.261 e. The van der Waals surface area contributed by atoms with Crippen molar-refractivity contribution < 1.29 is 13.2 Å². The van der Waals surface area contributed by atoms with Gasteiger partial charge in [-0.25, -0.2) is 8.42 Å². The van der Waals surface area contributed by atoms with Crippen LogP contribution in [0.4, 0.5) is 5.69 Å². The van der Waals surface area contributed by atoms with Gasteiger partial charge in [-0.1, -0.05) is 66.7 Å². The highest BCUT2D eigenvalue weighted by molar-refractivity contribution is 7.92. The standard InChI is InChI=1S/C31H24N2O3S/c34-37(35,29-17-13-22-6-4-5-7-25(22)20-29)33-26-14-10-24(11-15-26)31-30-21-28(16-12-23(30)18-19-32-31)36-27-8-2-1-3-9-27/h1-17,20-21,33H,18-19H2. The Balaban J connectivity index is 1.24. The zero-order chi connectivity index (χ0) is 25.2. The molecule has 1 aliphatic rings. The number of anilines is 1. The summed E-state index contributed by atoms with van der Waals surface area (Å²) in [6.07, 6.45) is 0.869. The Labute approximate surface area is 216 Å². The number of hydrogen-bond donors (Lipinski definition) is 1. The number of nitrogens with one attached hydrogen (secondary N) is 1. The number of aliphatic imine (C=N–C) groups is 1. The van der Waals surface area contributed by atoms with E-state index in [0.29, 0.717) is 12.2 Å². The third-order valence-electron chi connectivity index (χ3n) is 6.41. The van der Waals surface area contributed by atoms with Crippen LogP contribution in [0.1, 0.15) is 16.7 Å². The molecule has 0 atom stereocenters. The van der Waals surface area contributed by atoms with E-state index in [1.807, 2.05) is 84.9 Å². The molecule has 6 rings (SSSR count). The van der Waals surface area contributed by atoms with Crippen LogP contribution in [0.2, 0.25) is 0 Å². The van der Waals surface area contributed by atoms with E-state index < -0.39 is 10.0 Å². The maximum absolute atomic E-state index is 13.0. The highest BCUT2D eigenvalue weighted by Crippen LogP contribution is 2.29. The van der Waals surface area contributed by atoms with Crippen molar-refractivity contribution in [1.29, 1.82) is 0 Å². The summed E-state index contributed by atoms with van der Waals surface area (Å²) in [6, 6.07) is 36.0. The normalized spacial score (nSPS) is 13.0. The molecule has 0 saturated carbocycles. The first-order valence-corrected chi connectivity index (χ1v) is 13.6. The molecule has 37 heavy (non-hydrogen) atoms. The highest BCUT2D eigenvalue weighted by atomic mass is 32.2. The highest BCUT2D eigenvalue weighted by Gasteiger charge is 2.18. The molecule has 0 bridgehead atoms. The van der Waals surface area contributed by atoms with Crippen LogP contribution in [0.3, 0.4) is 0 Å². The Morgan fingerprint density at radius 2 is 1.46 bits per heavy atom. The fraction of sp³-hybridized carbons (Fsp3) is 0.0645. The van der Waals surface area contributed by atoms with Crippen LogP contribution in [0.15, 0.2) is 125 Å². The molecular formula is C31H24N2O3S. The Morgan fingerprint density at radius 1 is 0.703 bits per heavy atom. The number of para-hydroxylation sites is 1. The summed E-state index contributed by atoms with van der Waals surface area (Å²) in [6.45, 7) is 0.706. The fourth-order valence-corrected chi connectivity index (χ4v) is 5.64. The van der Waals surface area contributed by atoms with E-state index in [1.165, 1.54) is 5.56 Å². The largest absolute Gasteiger partial charge is 0.457 e. The van der Waals surface area contributed by atoms with Gasteiger partial charge in [-0.15, -0.1) is 0 Å². The molecule has 182 valence electrons. The summed E-state index contributed by atoms with van der Waals surface area (Å²) >= 11 is 0. The molecule has 1 aliphatic heterocycles. The molecule has 0 unspecified atom stereocenters. The Kier molecular flexibility index (Phi) is 5.94. The molecule has 1 N–H and O–H groups in total. The number of hydrogen-bond acceptors (Lipinski definition) is 4. The van der Waals surface area contributed by atoms with Crippen molar-refractivity contribution in [2.75, 3.05) is 11.3 Å². The van der Waals surface area contributed by atoms with Gasteiger partial charge in [0.25, 0.3) is 10.0 Å². The summed E-state index contributed by atoms with van der Waals surface area (Å²) in [5.74, 6) is 1.53. The molecule has 5 aromatic rings. The smallest absolute Gasteiger partial charge is 0.261 e. The SMILES string of the molecule is O=S(=O)(Nc1ccc(C2=NCCc3ccc(Oc4ccccc4)cc32)cc1)c1ccc2ccccc2c1. The van der Waals surface area contributed by atoms with Gasteiger partial charge < -0.3 is 4.74 Å². The minimum Gasteiger partial charge on any atom is -0.457 e. The van der Waals surface area contributed by atoms with Gasteiger partial charge in [-0.2, -0.15) is 0 Å². The monoisotopic (exact) mass is 504 g/mol. The summed E-state index contributed by atoms with van der Waals surface area (Å²) in [5, 5.41) is 1.88. The lowest BCUT2D eigenvalue weighted by molar-refractivity contribution is 0.482. The van der Waals surface area contributed by atoms with E-state index in [4.69, 9.17) is 9.73 Å². The Hall–Kier alpha value is -4.42. The minimum atomic E-state index is -3.72. The number of fused-ring (bicyclic) bond motifs is 2. The Morgan fingerprint density at radius 3 is 2.27 bits per heavy atom. The summed E-state index contributed by atoms with van der Waals surface area (Å²) in [7, 11) is -3.72. The molecule has 0 aromatic heterocycles. The van der Waals surface area contributed by atoms with E-state index in [0.717, 1.165) is 45.5 Å². The zero-order valence-corrected chi connectivity index (χ0v) is 20.8. The van der Waals surface area contributed by atoms with Gasteiger partial charge in [0.15, 0.2) is 0 Å². The molecule has 0 saturated heterocycles. The van der Waals surface area contributed by atoms with Crippen molar-refractivity contribution in [3.05, 3.63) is 132 Å². The van der Waals surface area contributed by atoms with Crippen LogP contribution >= 0.6 is 0 Å². The van der Waals surface area contributed by atoms with Gasteiger partial charge in [0, 0.05) is 23.4 Å². The maximum atomic E-state index is 13.0. The average molecular weight is 505 g/mol. The van der Waals surface area contributed by atoms with Crippen molar-refractivity contribution in [3.63, 3.8) is 0 Å². The lowest BCUT2D eigenvalue weighted by atomic mass is 9.93. The Bertz CT molecular complexity index is 1730. The van der Waals surface area contributed by atoms with Crippen LogP contribution in [0.5, 0.6) is 11.5 Å². The van der Waals surface area contributed by atoms with Gasteiger partial charge in [-0.3, -0.25) is 9.71 Å². The summed E-state index contributed by atoms with van der Waals surface area (Å²) in [5.41, 5.74) is 4.54. The molecule has 0 radical (unpaired) electrons. The van der Waals surface area contributed by atoms with E-state index >= 15 is 0 Å². The lowest BCUT2D eigenvalue weighted by Crippen LogP contribution is -2.15. The van der Waals surface area contributed by atoms with Crippen LogP contribution < -0.4 is 9.46 Å². The van der Waals surface area contributed by atoms with Crippen molar-refractivity contribution in [2.45, 2.75) is 11.3 Å². The van der Waals surface area contributed by atoms with Gasteiger partial charge in [-0.05, 0) is 71.3 Å². The van der Waals surface area contributed by atoms with Crippen LogP contribution in [-0.4, -0.2) is 20.7 Å². The van der Waals surface area contributed by atoms with Gasteiger partial charge >= 0.3 is 0 Å². The third kappa shape index (κ3) is 4.84. The van der Waals surface area contributed by atoms with E-state index in [2.05, 4.69) is 10.8 Å². The second-order valence-electron chi connectivity index (χ2n) is 8.91. The molecule has 0 spiro atoms. The van der Waals surface area contributed by atoms with Gasteiger partial charge in [0.1, 0.15) is 11.5 Å². The lowest BCUT2D eigenvalue weighted by Gasteiger charge is -2.19. The summed E-state index contributed by atoms with van der Waals surface area (Å²) < 4.78 is 34.8. The van der Waals surface area contributed by atoms with Crippen molar-refractivity contribution in [1.82, 2.24) is 0 Å². The number of nitrogens with zero attached hydrogens (tertiary/aromatic N) is 1. The first kappa shape index (κ1) is 23.0. The second-order valence-corrected chi connectivity index (χ2v) is 10.6. The third-order valence-corrected chi connectivity index (χ3v) is 7.79. The molecule has 5 aromatic carbocycles. The van der Waals surface area contributed by atoms with Crippen LogP contribution in [-0.2, 0) is 16.4 Å². The quantitative estimate of drug-likeness (QED) is 0.276. The number of rotatable bonds is 6. The van der Waals surface area contributed by atoms with Crippen molar-refractivity contribution in [2.24, 2.45) is 4.99 Å². The predicted molar refractivity (Wildman–Crippen MR) is 148 cm³/mol. The molecule has 6 heteroatoms. The first-order chi connectivity index (χ1) is 18.0. The first-order valence-electron chi connectivity index (χ1n) is 12.1. The number of ether oxygens (including phenoxy) is 1. The van der Waals surface area contributed by atoms with Gasteiger partial charge in [0.2, 0.25) is 0 Å². The van der Waals surface area contributed by atoms with E-state index in [1.54, 1.807) is 24.3 Å². The van der Waals surface area contributed by atoms with Crippen LogP contribution in [0.25, 0.3) is 10.8 Å². The average Bonchev–Trinajstić information content (AvgIpc) is 2.93. The van der Waals surface area contributed by atoms with Gasteiger partial charge in [0.05, 0.1) is 10.6 Å². The molecule has 1 heterocycles. The van der Waals surface area contributed by atoms with E-state index in [-0.39, 0.29) is 4.90 Å². The van der Waals surface area contributed by atoms with Crippen molar-refractivity contribution >= 4 is 32.2 Å². The molecule has 0 amide bonds. The molecular weight excluding hydrogens is 480 g/mol. The predicted octanol–water partition coefficient (Wildman–Crippen LogP) is 6.83. The molecule has 5 nitrogen and oxygen atoms in total. The second kappa shape index (κ2) is 9.56. The fourth-order valence-electron chi connectivity index (χ4n) is 4.55. The summed E-state index contributed by atoms with van der Waals surface area (Å²) in [4.78, 5) is 5.02.